The molecule has 0 atom stereocenters. The fraction of sp³-hybridized carbons (Fsp3) is 0.240. The van der Waals surface area contributed by atoms with Gasteiger partial charge in [-0.2, -0.15) is 4.80 Å². The third-order valence-electron chi connectivity index (χ3n) is 5.20. The molecule has 1 N–H and O–H groups in total. The van der Waals surface area contributed by atoms with E-state index in [4.69, 9.17) is 27.9 Å². The standard InChI is InChI=1S/C25H24Cl2N4O2/c1-3-5-6-16-7-10-18(11-8-16)31-29-22-14-19(26)21(15-23(22)30-31)28-25(32)17-9-12-24(33-4-2)20(27)13-17/h7-15H,3-6H2,1-2H3,(H,28,32). The highest BCUT2D eigenvalue weighted by atomic mass is 35.5. The van der Waals surface area contributed by atoms with Gasteiger partial charge in [0.15, 0.2) is 0 Å². The van der Waals surface area contributed by atoms with Crippen LogP contribution in [0.15, 0.2) is 54.6 Å². The Balaban J connectivity index is 1.55. The van der Waals surface area contributed by atoms with Crippen LogP contribution in [0.25, 0.3) is 16.7 Å². The molecule has 0 unspecified atom stereocenters. The number of carbonyl (C=O) groups is 1. The average Bonchev–Trinajstić information content (AvgIpc) is 3.22. The molecule has 3 aromatic carbocycles. The number of amides is 1. The van der Waals surface area contributed by atoms with Crippen molar-refractivity contribution in [2.45, 2.75) is 33.1 Å². The predicted octanol–water partition coefficient (Wildman–Crippen LogP) is 6.72. The molecule has 0 aliphatic heterocycles. The summed E-state index contributed by atoms with van der Waals surface area (Å²) < 4.78 is 5.42. The summed E-state index contributed by atoms with van der Waals surface area (Å²) in [6, 6.07) is 16.5. The van der Waals surface area contributed by atoms with Gasteiger partial charge >= 0.3 is 0 Å². The molecule has 0 radical (unpaired) electrons. The highest BCUT2D eigenvalue weighted by molar-refractivity contribution is 6.35. The molecule has 1 aromatic heterocycles. The molecule has 0 bridgehead atoms. The first-order valence-electron chi connectivity index (χ1n) is 10.9. The first kappa shape index (κ1) is 23.1. The van der Waals surface area contributed by atoms with Crippen LogP contribution in [0.4, 0.5) is 5.69 Å². The number of aromatic nitrogens is 3. The smallest absolute Gasteiger partial charge is 0.255 e. The van der Waals surface area contributed by atoms with Crippen LogP contribution in [-0.4, -0.2) is 27.5 Å². The summed E-state index contributed by atoms with van der Waals surface area (Å²) in [5.41, 5.74) is 4.25. The predicted molar refractivity (Wildman–Crippen MR) is 133 cm³/mol. The molecule has 0 fully saturated rings. The maximum absolute atomic E-state index is 12.7. The van der Waals surface area contributed by atoms with Crippen LogP contribution in [0.3, 0.4) is 0 Å². The number of anilines is 1. The van der Waals surface area contributed by atoms with Crippen molar-refractivity contribution in [3.63, 3.8) is 0 Å². The van der Waals surface area contributed by atoms with E-state index in [1.807, 2.05) is 19.1 Å². The Hall–Kier alpha value is -3.09. The van der Waals surface area contributed by atoms with Gasteiger partial charge in [0.25, 0.3) is 5.91 Å². The Kier molecular flexibility index (Phi) is 7.16. The molecule has 1 amide bonds. The third kappa shape index (κ3) is 5.29. The highest BCUT2D eigenvalue weighted by Gasteiger charge is 2.14. The number of nitrogens with zero attached hydrogens (tertiary/aromatic N) is 3. The summed E-state index contributed by atoms with van der Waals surface area (Å²) in [7, 11) is 0. The molecule has 170 valence electrons. The van der Waals surface area contributed by atoms with Gasteiger partial charge in [0.2, 0.25) is 0 Å². The zero-order chi connectivity index (χ0) is 23.4. The Bertz CT molecular complexity index is 1290. The van der Waals surface area contributed by atoms with Crippen molar-refractivity contribution in [2.24, 2.45) is 0 Å². The number of benzene rings is 3. The van der Waals surface area contributed by atoms with E-state index in [1.165, 1.54) is 18.4 Å². The minimum absolute atomic E-state index is 0.337. The van der Waals surface area contributed by atoms with Crippen LogP contribution in [0.1, 0.15) is 42.6 Å². The maximum Gasteiger partial charge on any atom is 0.255 e. The quantitative estimate of drug-likeness (QED) is 0.302. The maximum atomic E-state index is 12.7. The number of hydrogen-bond acceptors (Lipinski definition) is 4. The van der Waals surface area contributed by atoms with Crippen molar-refractivity contribution in [3.8, 4) is 11.4 Å². The SMILES string of the molecule is CCCCc1ccc(-n2nc3cc(Cl)c(NC(=O)c4ccc(OCC)c(Cl)c4)cc3n2)cc1. The van der Waals surface area contributed by atoms with E-state index in [2.05, 4.69) is 34.6 Å². The fourth-order valence-electron chi connectivity index (χ4n) is 3.44. The van der Waals surface area contributed by atoms with Crippen molar-refractivity contribution in [2.75, 3.05) is 11.9 Å². The molecule has 4 aromatic rings. The second-order valence-electron chi connectivity index (χ2n) is 7.61. The number of fused-ring (bicyclic) bond motifs is 1. The molecule has 0 saturated carbocycles. The molecule has 1 heterocycles. The van der Waals surface area contributed by atoms with Gasteiger partial charge in [0.05, 0.1) is 28.0 Å². The second kappa shape index (κ2) is 10.2. The minimum Gasteiger partial charge on any atom is -0.492 e. The number of halogens is 2. The van der Waals surface area contributed by atoms with Crippen molar-refractivity contribution < 1.29 is 9.53 Å². The van der Waals surface area contributed by atoms with Crippen molar-refractivity contribution >= 4 is 45.8 Å². The molecular formula is C25H24Cl2N4O2. The number of hydrogen-bond donors (Lipinski definition) is 1. The number of nitrogens with one attached hydrogen (secondary N) is 1. The van der Waals surface area contributed by atoms with Crippen LogP contribution in [0, 0.1) is 0 Å². The lowest BCUT2D eigenvalue weighted by molar-refractivity contribution is 0.102. The third-order valence-corrected chi connectivity index (χ3v) is 5.81. The van der Waals surface area contributed by atoms with Gasteiger partial charge < -0.3 is 10.1 Å². The van der Waals surface area contributed by atoms with Crippen molar-refractivity contribution in [1.29, 1.82) is 0 Å². The highest BCUT2D eigenvalue weighted by Crippen LogP contribution is 2.29. The first-order valence-corrected chi connectivity index (χ1v) is 11.6. The van der Waals surface area contributed by atoms with Crippen LogP contribution in [0.5, 0.6) is 5.75 Å². The lowest BCUT2D eigenvalue weighted by Gasteiger charge is -2.09. The van der Waals surface area contributed by atoms with Gasteiger partial charge in [-0.05, 0) is 67.8 Å². The van der Waals surface area contributed by atoms with Crippen LogP contribution >= 0.6 is 23.2 Å². The Morgan fingerprint density at radius 3 is 2.36 bits per heavy atom. The number of rotatable bonds is 8. The van der Waals surface area contributed by atoms with Gasteiger partial charge in [0, 0.05) is 5.56 Å². The molecule has 0 spiro atoms. The molecule has 8 heteroatoms. The van der Waals surface area contributed by atoms with E-state index in [0.717, 1.165) is 12.1 Å². The Morgan fingerprint density at radius 1 is 0.970 bits per heavy atom. The summed E-state index contributed by atoms with van der Waals surface area (Å²) in [5, 5.41) is 12.7. The zero-order valence-corrected chi connectivity index (χ0v) is 20.0. The summed E-state index contributed by atoms with van der Waals surface area (Å²) in [6.45, 7) is 4.54. The summed E-state index contributed by atoms with van der Waals surface area (Å²) in [6.07, 6.45) is 3.39. The van der Waals surface area contributed by atoms with Gasteiger partial charge in [-0.25, -0.2) is 0 Å². The van der Waals surface area contributed by atoms with Gasteiger partial charge in [-0.15, -0.1) is 10.2 Å². The summed E-state index contributed by atoms with van der Waals surface area (Å²) in [4.78, 5) is 14.3. The van der Waals surface area contributed by atoms with E-state index < -0.39 is 0 Å². The lowest BCUT2D eigenvalue weighted by Crippen LogP contribution is -2.12. The minimum atomic E-state index is -0.337. The lowest BCUT2D eigenvalue weighted by atomic mass is 10.1. The topological polar surface area (TPSA) is 69.0 Å². The molecule has 0 aliphatic rings. The van der Waals surface area contributed by atoms with E-state index in [-0.39, 0.29) is 5.91 Å². The molecule has 4 rings (SSSR count). The van der Waals surface area contributed by atoms with Crippen molar-refractivity contribution in [1.82, 2.24) is 15.0 Å². The number of aryl methyl sites for hydroxylation is 1. The summed E-state index contributed by atoms with van der Waals surface area (Å²) in [5.74, 6) is 0.196. The molecule has 0 aliphatic carbocycles. The zero-order valence-electron chi connectivity index (χ0n) is 18.4. The van der Waals surface area contributed by atoms with Crippen LogP contribution in [0.2, 0.25) is 10.0 Å². The normalized spacial score (nSPS) is 11.0. The largest absolute Gasteiger partial charge is 0.492 e. The molecule has 0 saturated heterocycles. The molecule has 33 heavy (non-hydrogen) atoms. The van der Waals surface area contributed by atoms with Crippen LogP contribution in [-0.2, 0) is 6.42 Å². The number of unbranched alkanes of at least 4 members (excludes halogenated alkanes) is 1. The van der Waals surface area contributed by atoms with E-state index in [0.29, 0.717) is 44.7 Å². The monoisotopic (exact) mass is 482 g/mol. The average molecular weight is 483 g/mol. The van der Waals surface area contributed by atoms with E-state index >= 15 is 0 Å². The summed E-state index contributed by atoms with van der Waals surface area (Å²) >= 11 is 12.6. The van der Waals surface area contributed by atoms with Gasteiger partial charge in [0.1, 0.15) is 16.8 Å². The Morgan fingerprint density at radius 2 is 1.70 bits per heavy atom. The van der Waals surface area contributed by atoms with E-state index in [9.17, 15) is 4.79 Å². The van der Waals surface area contributed by atoms with Crippen LogP contribution < -0.4 is 10.1 Å². The molecular weight excluding hydrogens is 459 g/mol. The molecule has 6 nitrogen and oxygen atoms in total. The van der Waals surface area contributed by atoms with Crippen molar-refractivity contribution in [3.05, 3.63) is 75.8 Å². The Labute approximate surface area is 202 Å². The van der Waals surface area contributed by atoms with Gasteiger partial charge in [-0.1, -0.05) is 48.7 Å². The van der Waals surface area contributed by atoms with Gasteiger partial charge in [-0.3, -0.25) is 4.79 Å². The number of carbonyl (C=O) groups excluding carboxylic acids is 1. The fourth-order valence-corrected chi connectivity index (χ4v) is 3.88. The first-order chi connectivity index (χ1) is 16.0. The number of ether oxygens (including phenoxy) is 1. The van der Waals surface area contributed by atoms with E-state index in [1.54, 1.807) is 35.1 Å². The second-order valence-corrected chi connectivity index (χ2v) is 8.43.